The summed E-state index contributed by atoms with van der Waals surface area (Å²) >= 11 is 0. The van der Waals surface area contributed by atoms with Crippen molar-refractivity contribution >= 4 is 11.0 Å². The molecule has 20 heavy (non-hydrogen) atoms. The van der Waals surface area contributed by atoms with E-state index in [-0.39, 0.29) is 0 Å². The fourth-order valence-corrected chi connectivity index (χ4v) is 2.57. The predicted molar refractivity (Wildman–Crippen MR) is 82.6 cm³/mol. The molecule has 0 amide bonds. The first kappa shape index (κ1) is 12.9. The van der Waals surface area contributed by atoms with E-state index in [1.54, 1.807) is 0 Å². The number of fused-ring (bicyclic) bond motifs is 1. The van der Waals surface area contributed by atoms with Crippen LogP contribution < -0.4 is 5.73 Å². The van der Waals surface area contributed by atoms with Crippen molar-refractivity contribution in [2.24, 2.45) is 12.8 Å². The average molecular weight is 265 g/mol. The van der Waals surface area contributed by atoms with Crippen molar-refractivity contribution < 1.29 is 0 Å². The van der Waals surface area contributed by atoms with Crippen LogP contribution in [0.25, 0.3) is 11.0 Å². The molecule has 1 aromatic heterocycles. The maximum absolute atomic E-state index is 5.73. The number of para-hydroxylation sites is 2. The number of nitrogens with two attached hydrogens (primary N) is 1. The smallest absolute Gasteiger partial charge is 0.114 e. The molecule has 0 unspecified atom stereocenters. The lowest BCUT2D eigenvalue weighted by molar-refractivity contribution is 0.841. The van der Waals surface area contributed by atoms with Gasteiger partial charge in [-0.25, -0.2) is 4.98 Å². The number of hydrogen-bond donors (Lipinski definition) is 1. The third-order valence-electron chi connectivity index (χ3n) is 3.88. The van der Waals surface area contributed by atoms with Gasteiger partial charge >= 0.3 is 0 Å². The van der Waals surface area contributed by atoms with Crippen LogP contribution in [0.1, 0.15) is 22.5 Å². The molecule has 0 fully saturated rings. The first-order valence-electron chi connectivity index (χ1n) is 6.88. The van der Waals surface area contributed by atoms with Crippen molar-refractivity contribution in [2.75, 3.05) is 0 Å². The molecule has 0 saturated carbocycles. The van der Waals surface area contributed by atoms with Crippen LogP contribution in [0.3, 0.4) is 0 Å². The SMILES string of the molecule is Cc1ccc(CN)cc1Cc1nc2ccccc2n1C. The third-order valence-corrected chi connectivity index (χ3v) is 3.88. The molecule has 3 rings (SSSR count). The molecule has 0 saturated heterocycles. The minimum Gasteiger partial charge on any atom is -0.331 e. The number of benzene rings is 2. The molecule has 2 N–H and O–H groups in total. The molecule has 0 radical (unpaired) electrons. The van der Waals surface area contributed by atoms with Crippen LogP contribution >= 0.6 is 0 Å². The summed E-state index contributed by atoms with van der Waals surface area (Å²) in [5, 5.41) is 0. The van der Waals surface area contributed by atoms with Gasteiger partial charge in [-0.2, -0.15) is 0 Å². The van der Waals surface area contributed by atoms with Gasteiger partial charge in [-0.3, -0.25) is 0 Å². The van der Waals surface area contributed by atoms with Crippen molar-refractivity contribution in [1.29, 1.82) is 0 Å². The van der Waals surface area contributed by atoms with E-state index in [4.69, 9.17) is 10.7 Å². The highest BCUT2D eigenvalue weighted by atomic mass is 15.1. The number of nitrogens with zero attached hydrogens (tertiary/aromatic N) is 2. The van der Waals surface area contributed by atoms with E-state index >= 15 is 0 Å². The maximum atomic E-state index is 5.73. The first-order chi connectivity index (χ1) is 9.69. The standard InChI is InChI=1S/C17H19N3/c1-12-7-8-13(11-18)9-14(12)10-17-19-15-5-3-4-6-16(15)20(17)2/h3-9H,10-11,18H2,1-2H3. The van der Waals surface area contributed by atoms with Crippen LogP contribution in [0.2, 0.25) is 0 Å². The fourth-order valence-electron chi connectivity index (χ4n) is 2.57. The Balaban J connectivity index is 2.03. The van der Waals surface area contributed by atoms with Gasteiger partial charge in [0.15, 0.2) is 0 Å². The minimum absolute atomic E-state index is 0.579. The Kier molecular flexibility index (Phi) is 3.28. The van der Waals surface area contributed by atoms with Gasteiger partial charge in [-0.15, -0.1) is 0 Å². The van der Waals surface area contributed by atoms with Gasteiger partial charge in [0.2, 0.25) is 0 Å². The van der Waals surface area contributed by atoms with Gasteiger partial charge < -0.3 is 10.3 Å². The quantitative estimate of drug-likeness (QED) is 0.791. The van der Waals surface area contributed by atoms with E-state index in [0.29, 0.717) is 6.54 Å². The lowest BCUT2D eigenvalue weighted by atomic mass is 10.0. The van der Waals surface area contributed by atoms with E-state index in [2.05, 4.69) is 48.9 Å². The minimum atomic E-state index is 0.579. The number of aromatic nitrogens is 2. The molecule has 3 aromatic rings. The zero-order valence-corrected chi connectivity index (χ0v) is 11.9. The fraction of sp³-hybridized carbons (Fsp3) is 0.235. The summed E-state index contributed by atoms with van der Waals surface area (Å²) in [5.41, 5.74) is 11.7. The molecular weight excluding hydrogens is 246 g/mol. The highest BCUT2D eigenvalue weighted by Gasteiger charge is 2.09. The van der Waals surface area contributed by atoms with Crippen molar-refractivity contribution in [3.8, 4) is 0 Å². The Bertz CT molecular complexity index is 756. The zero-order valence-electron chi connectivity index (χ0n) is 11.9. The third kappa shape index (κ3) is 2.21. The topological polar surface area (TPSA) is 43.8 Å². The van der Waals surface area contributed by atoms with Gasteiger partial charge in [0, 0.05) is 20.0 Å². The molecule has 0 aliphatic heterocycles. The zero-order chi connectivity index (χ0) is 14.1. The molecule has 0 bridgehead atoms. The lowest BCUT2D eigenvalue weighted by Gasteiger charge is -2.08. The highest BCUT2D eigenvalue weighted by Crippen LogP contribution is 2.19. The Labute approximate surface area is 119 Å². The molecule has 0 atom stereocenters. The van der Waals surface area contributed by atoms with E-state index in [0.717, 1.165) is 17.8 Å². The monoisotopic (exact) mass is 265 g/mol. The van der Waals surface area contributed by atoms with Crippen molar-refractivity contribution in [1.82, 2.24) is 9.55 Å². The van der Waals surface area contributed by atoms with Crippen LogP contribution in [0, 0.1) is 6.92 Å². The molecule has 3 heteroatoms. The van der Waals surface area contributed by atoms with Gasteiger partial charge in [0.1, 0.15) is 5.82 Å². The van der Waals surface area contributed by atoms with Crippen LogP contribution in [-0.4, -0.2) is 9.55 Å². The molecule has 0 aliphatic carbocycles. The molecule has 3 nitrogen and oxygen atoms in total. The summed E-state index contributed by atoms with van der Waals surface area (Å²) in [7, 11) is 2.08. The summed E-state index contributed by atoms with van der Waals surface area (Å²) in [4.78, 5) is 4.74. The highest BCUT2D eigenvalue weighted by molar-refractivity contribution is 5.75. The second-order valence-corrected chi connectivity index (χ2v) is 5.22. The van der Waals surface area contributed by atoms with Crippen LogP contribution in [0.15, 0.2) is 42.5 Å². The molecule has 0 spiro atoms. The number of aryl methyl sites for hydroxylation is 2. The average Bonchev–Trinajstić information content (AvgIpc) is 2.78. The van der Waals surface area contributed by atoms with Crippen molar-refractivity contribution in [2.45, 2.75) is 19.9 Å². The van der Waals surface area contributed by atoms with Crippen molar-refractivity contribution in [3.05, 3.63) is 65.0 Å². The summed E-state index contributed by atoms with van der Waals surface area (Å²) < 4.78 is 2.17. The molecule has 102 valence electrons. The van der Waals surface area contributed by atoms with E-state index in [1.807, 2.05) is 12.1 Å². The molecular formula is C17H19N3. The second kappa shape index (κ2) is 5.10. The maximum Gasteiger partial charge on any atom is 0.114 e. The van der Waals surface area contributed by atoms with Gasteiger partial charge in [-0.1, -0.05) is 30.3 Å². The summed E-state index contributed by atoms with van der Waals surface area (Å²) in [5.74, 6) is 1.09. The Morgan fingerprint density at radius 1 is 1.15 bits per heavy atom. The lowest BCUT2D eigenvalue weighted by Crippen LogP contribution is -2.03. The number of hydrogen-bond acceptors (Lipinski definition) is 2. The van der Waals surface area contributed by atoms with Crippen molar-refractivity contribution in [3.63, 3.8) is 0 Å². The Morgan fingerprint density at radius 3 is 2.70 bits per heavy atom. The number of imidazole rings is 1. The largest absolute Gasteiger partial charge is 0.331 e. The first-order valence-corrected chi connectivity index (χ1v) is 6.88. The number of rotatable bonds is 3. The molecule has 1 heterocycles. The van der Waals surface area contributed by atoms with Crippen LogP contribution in [0.4, 0.5) is 0 Å². The second-order valence-electron chi connectivity index (χ2n) is 5.22. The molecule has 2 aromatic carbocycles. The van der Waals surface area contributed by atoms with E-state index in [9.17, 15) is 0 Å². The Morgan fingerprint density at radius 2 is 1.95 bits per heavy atom. The summed E-state index contributed by atoms with van der Waals surface area (Å²) in [6.45, 7) is 2.72. The summed E-state index contributed by atoms with van der Waals surface area (Å²) in [6.07, 6.45) is 0.838. The van der Waals surface area contributed by atoms with E-state index < -0.39 is 0 Å². The van der Waals surface area contributed by atoms with Gasteiger partial charge in [0.05, 0.1) is 11.0 Å². The molecule has 0 aliphatic rings. The van der Waals surface area contributed by atoms with E-state index in [1.165, 1.54) is 22.2 Å². The van der Waals surface area contributed by atoms with Crippen LogP contribution in [-0.2, 0) is 20.0 Å². The normalized spacial score (nSPS) is 11.2. The Hall–Kier alpha value is -2.13. The predicted octanol–water partition coefficient (Wildman–Crippen LogP) is 2.93. The van der Waals surface area contributed by atoms with Gasteiger partial charge in [0.25, 0.3) is 0 Å². The van der Waals surface area contributed by atoms with Gasteiger partial charge in [-0.05, 0) is 35.7 Å². The summed E-state index contributed by atoms with van der Waals surface area (Å²) in [6, 6.07) is 14.7. The van der Waals surface area contributed by atoms with Crippen LogP contribution in [0.5, 0.6) is 0 Å².